The Balaban J connectivity index is 1.15. The quantitative estimate of drug-likeness (QED) is 0.210. The second-order valence-corrected chi connectivity index (χ2v) is 12.3. The SMILES string of the molecule is C1=CNC(c2cccc(C3=CC(c4ccc5c6c(cccc46)-c4ccccc4-5)CC(C4=CC=CC(c5ccccn5)N4)=C3)n2)C=C1. The fourth-order valence-electron chi connectivity index (χ4n) is 7.38. The highest BCUT2D eigenvalue weighted by atomic mass is 15.0. The van der Waals surface area contributed by atoms with Crippen molar-refractivity contribution >= 4 is 16.3 Å². The monoisotopic (exact) mass is 592 g/mol. The van der Waals surface area contributed by atoms with Crippen LogP contribution < -0.4 is 10.6 Å². The summed E-state index contributed by atoms with van der Waals surface area (Å²) in [6.07, 6.45) is 22.2. The lowest BCUT2D eigenvalue weighted by molar-refractivity contribution is 0.674. The summed E-state index contributed by atoms with van der Waals surface area (Å²) >= 11 is 0. The summed E-state index contributed by atoms with van der Waals surface area (Å²) < 4.78 is 0. The number of fused-ring (bicyclic) bond motifs is 3. The largest absolute Gasteiger partial charge is 0.379 e. The predicted octanol–water partition coefficient (Wildman–Crippen LogP) is 9.27. The first kappa shape index (κ1) is 26.6. The zero-order valence-electron chi connectivity index (χ0n) is 25.3. The van der Waals surface area contributed by atoms with Crippen LogP contribution in [0.3, 0.4) is 0 Å². The number of hydrogen-bond donors (Lipinski definition) is 2. The maximum Gasteiger partial charge on any atom is 0.0872 e. The van der Waals surface area contributed by atoms with Crippen molar-refractivity contribution in [2.45, 2.75) is 24.4 Å². The van der Waals surface area contributed by atoms with Crippen LogP contribution in [-0.4, -0.2) is 9.97 Å². The molecule has 0 saturated carbocycles. The van der Waals surface area contributed by atoms with E-state index in [0.29, 0.717) is 0 Å². The van der Waals surface area contributed by atoms with Gasteiger partial charge in [-0.15, -0.1) is 0 Å². The lowest BCUT2D eigenvalue weighted by Gasteiger charge is -2.29. The molecule has 2 N–H and O–H groups in total. The number of nitrogens with zero attached hydrogens (tertiary/aromatic N) is 2. The fraction of sp³-hybridized carbons (Fsp3) is 0.0952. The maximum atomic E-state index is 5.19. The van der Waals surface area contributed by atoms with Crippen molar-refractivity contribution in [3.8, 4) is 22.3 Å². The second-order valence-electron chi connectivity index (χ2n) is 12.3. The van der Waals surface area contributed by atoms with E-state index in [4.69, 9.17) is 4.98 Å². The minimum absolute atomic E-state index is 0.0175. The molecule has 220 valence electrons. The minimum atomic E-state index is 0.0175. The summed E-state index contributed by atoms with van der Waals surface area (Å²) in [4.78, 5) is 9.83. The van der Waals surface area contributed by atoms with Crippen molar-refractivity contribution in [1.82, 2.24) is 20.6 Å². The van der Waals surface area contributed by atoms with Gasteiger partial charge in [-0.3, -0.25) is 9.97 Å². The standard InChI is InChI=1S/C42H32N4/c1-2-11-32-31(10-1)34-13-7-12-33-30(20-21-35(32)42(33)34)27-24-28(36-16-8-18-40(45-36)38-14-3-5-22-43-38)26-29(25-27)37-17-9-19-41(46-37)39-15-4-6-23-44-39/h1-24,26-27,38,41,43,46H,25H2. The molecule has 46 heavy (non-hydrogen) atoms. The Morgan fingerprint density at radius 2 is 1.48 bits per heavy atom. The number of allylic oxidation sites excluding steroid dienone is 8. The molecule has 3 atom stereocenters. The molecule has 2 aliphatic carbocycles. The highest BCUT2D eigenvalue weighted by molar-refractivity contribution is 6.16. The van der Waals surface area contributed by atoms with Crippen molar-refractivity contribution in [2.24, 2.45) is 0 Å². The van der Waals surface area contributed by atoms with E-state index in [1.807, 2.05) is 30.6 Å². The number of pyridine rings is 2. The molecule has 4 nitrogen and oxygen atoms in total. The maximum absolute atomic E-state index is 5.19. The van der Waals surface area contributed by atoms with Crippen LogP contribution in [0, 0.1) is 0 Å². The van der Waals surface area contributed by atoms with Gasteiger partial charge >= 0.3 is 0 Å². The van der Waals surface area contributed by atoms with E-state index >= 15 is 0 Å². The van der Waals surface area contributed by atoms with Gasteiger partial charge in [0.05, 0.1) is 29.2 Å². The van der Waals surface area contributed by atoms with Crippen LogP contribution in [0.4, 0.5) is 0 Å². The molecule has 0 bridgehead atoms. The number of dihydropyridines is 2. The van der Waals surface area contributed by atoms with Gasteiger partial charge in [0.1, 0.15) is 0 Å². The average Bonchev–Trinajstić information content (AvgIpc) is 3.47. The summed E-state index contributed by atoms with van der Waals surface area (Å²) in [5.74, 6) is 0.172. The molecule has 0 amide bonds. The summed E-state index contributed by atoms with van der Waals surface area (Å²) in [5.41, 5.74) is 13.2. The first-order valence-electron chi connectivity index (χ1n) is 16.0. The Morgan fingerprint density at radius 3 is 2.33 bits per heavy atom. The van der Waals surface area contributed by atoms with Crippen LogP contribution in [0.1, 0.15) is 47.1 Å². The molecule has 4 heterocycles. The molecule has 0 radical (unpaired) electrons. The molecule has 4 heteroatoms. The highest BCUT2D eigenvalue weighted by Crippen LogP contribution is 2.50. The molecular weight excluding hydrogens is 560 g/mol. The van der Waals surface area contributed by atoms with Crippen LogP contribution >= 0.6 is 0 Å². The highest BCUT2D eigenvalue weighted by Gasteiger charge is 2.28. The molecule has 0 fully saturated rings. The molecule has 3 unspecified atom stereocenters. The molecule has 5 aromatic rings. The van der Waals surface area contributed by atoms with E-state index in [9.17, 15) is 0 Å². The van der Waals surface area contributed by atoms with Gasteiger partial charge in [0.2, 0.25) is 0 Å². The van der Waals surface area contributed by atoms with Crippen molar-refractivity contribution in [3.63, 3.8) is 0 Å². The third kappa shape index (κ3) is 4.53. The van der Waals surface area contributed by atoms with Crippen molar-refractivity contribution in [1.29, 1.82) is 0 Å². The summed E-state index contributed by atoms with van der Waals surface area (Å²) in [6.45, 7) is 0. The van der Waals surface area contributed by atoms with Crippen LogP contribution in [0.5, 0.6) is 0 Å². The van der Waals surface area contributed by atoms with Gasteiger partial charge in [-0.1, -0.05) is 97.1 Å². The van der Waals surface area contributed by atoms with E-state index in [0.717, 1.165) is 34.8 Å². The van der Waals surface area contributed by atoms with Gasteiger partial charge in [0.25, 0.3) is 0 Å². The Kier molecular flexibility index (Phi) is 6.38. The summed E-state index contributed by atoms with van der Waals surface area (Å²) in [6, 6.07) is 32.8. The second kappa shape index (κ2) is 11.0. The molecule has 9 rings (SSSR count). The van der Waals surface area contributed by atoms with Crippen LogP contribution in [0.25, 0.3) is 38.6 Å². The smallest absolute Gasteiger partial charge is 0.0872 e. The molecule has 0 saturated heterocycles. The fourth-order valence-corrected chi connectivity index (χ4v) is 7.38. The molecule has 2 aliphatic heterocycles. The van der Waals surface area contributed by atoms with Gasteiger partial charge in [-0.05, 0) is 105 Å². The zero-order valence-corrected chi connectivity index (χ0v) is 25.3. The Morgan fingerprint density at radius 1 is 0.674 bits per heavy atom. The van der Waals surface area contributed by atoms with Crippen LogP contribution in [0.15, 0.2) is 163 Å². The van der Waals surface area contributed by atoms with E-state index < -0.39 is 0 Å². The van der Waals surface area contributed by atoms with Crippen LogP contribution in [-0.2, 0) is 0 Å². The average molecular weight is 593 g/mol. The number of hydrogen-bond acceptors (Lipinski definition) is 4. The van der Waals surface area contributed by atoms with Gasteiger partial charge in [-0.2, -0.15) is 0 Å². The van der Waals surface area contributed by atoms with Gasteiger partial charge < -0.3 is 10.6 Å². The summed E-state index contributed by atoms with van der Waals surface area (Å²) in [5, 5.41) is 9.91. The third-order valence-corrected chi connectivity index (χ3v) is 9.53. The Bertz CT molecular complexity index is 2170. The lowest BCUT2D eigenvalue weighted by atomic mass is 9.80. The van der Waals surface area contributed by atoms with E-state index in [1.165, 1.54) is 44.2 Å². The number of nitrogens with one attached hydrogen (secondary N) is 2. The molecular formula is C42H32N4. The first-order chi connectivity index (χ1) is 22.8. The topological polar surface area (TPSA) is 49.8 Å². The molecule has 4 aliphatic rings. The number of aromatic nitrogens is 2. The zero-order chi connectivity index (χ0) is 30.5. The third-order valence-electron chi connectivity index (χ3n) is 9.53. The number of rotatable bonds is 5. The van der Waals surface area contributed by atoms with Gasteiger partial charge in [-0.25, -0.2) is 0 Å². The van der Waals surface area contributed by atoms with E-state index in [-0.39, 0.29) is 18.0 Å². The molecule has 2 aromatic heterocycles. The van der Waals surface area contributed by atoms with Gasteiger partial charge in [0.15, 0.2) is 0 Å². The number of benzene rings is 3. The van der Waals surface area contributed by atoms with Crippen LogP contribution in [0.2, 0.25) is 0 Å². The minimum Gasteiger partial charge on any atom is -0.379 e. The lowest BCUT2D eigenvalue weighted by Crippen LogP contribution is -2.24. The summed E-state index contributed by atoms with van der Waals surface area (Å²) in [7, 11) is 0. The molecule has 3 aromatic carbocycles. The predicted molar refractivity (Wildman–Crippen MR) is 188 cm³/mol. The Hall–Kier alpha value is -5.74. The first-order valence-corrected chi connectivity index (χ1v) is 16.0. The normalized spacial score (nSPS) is 20.8. The van der Waals surface area contributed by atoms with Crippen molar-refractivity contribution < 1.29 is 0 Å². The van der Waals surface area contributed by atoms with E-state index in [1.54, 1.807) is 0 Å². The van der Waals surface area contributed by atoms with Crippen molar-refractivity contribution in [3.05, 3.63) is 186 Å². The molecule has 0 spiro atoms. The van der Waals surface area contributed by atoms with E-state index in [2.05, 4.69) is 137 Å². The Labute approximate surface area is 269 Å². The van der Waals surface area contributed by atoms with Crippen molar-refractivity contribution in [2.75, 3.05) is 0 Å². The van der Waals surface area contributed by atoms with Gasteiger partial charge in [0, 0.05) is 17.8 Å².